The highest BCUT2D eigenvalue weighted by molar-refractivity contribution is 5.97. The van der Waals surface area contributed by atoms with Crippen molar-refractivity contribution in [1.82, 2.24) is 15.3 Å². The zero-order valence-corrected chi connectivity index (χ0v) is 11.7. The third-order valence-electron chi connectivity index (χ3n) is 3.30. The minimum atomic E-state index is -0.157. The molecule has 0 aliphatic carbocycles. The van der Waals surface area contributed by atoms with Crippen LogP contribution in [0.5, 0.6) is 0 Å². The van der Waals surface area contributed by atoms with Gasteiger partial charge in [-0.3, -0.25) is 4.79 Å². The van der Waals surface area contributed by atoms with Crippen LogP contribution in [0.25, 0.3) is 10.9 Å². The summed E-state index contributed by atoms with van der Waals surface area (Å²) in [5.74, 6) is -0.157. The zero-order valence-electron chi connectivity index (χ0n) is 11.7. The molecule has 0 aliphatic rings. The number of hydrogen-bond acceptors (Lipinski definition) is 4. The van der Waals surface area contributed by atoms with Crippen molar-refractivity contribution in [1.29, 1.82) is 5.26 Å². The van der Waals surface area contributed by atoms with Crippen LogP contribution in [0.3, 0.4) is 0 Å². The van der Waals surface area contributed by atoms with Crippen LogP contribution in [0.1, 0.15) is 21.5 Å². The molecule has 0 saturated carbocycles. The van der Waals surface area contributed by atoms with E-state index in [1.807, 2.05) is 12.1 Å². The van der Waals surface area contributed by atoms with Crippen LogP contribution in [0.15, 0.2) is 55.0 Å². The van der Waals surface area contributed by atoms with Gasteiger partial charge in [0, 0.05) is 23.7 Å². The van der Waals surface area contributed by atoms with Crippen LogP contribution < -0.4 is 5.32 Å². The van der Waals surface area contributed by atoms with Crippen LogP contribution in [-0.2, 0) is 6.54 Å². The first kappa shape index (κ1) is 13.7. The smallest absolute Gasteiger partial charge is 0.251 e. The Labute approximate surface area is 127 Å². The maximum Gasteiger partial charge on any atom is 0.251 e. The number of rotatable bonds is 3. The van der Waals surface area contributed by atoms with E-state index in [0.29, 0.717) is 17.7 Å². The topological polar surface area (TPSA) is 78.7 Å². The van der Waals surface area contributed by atoms with E-state index in [-0.39, 0.29) is 5.91 Å². The number of fused-ring (bicyclic) bond motifs is 1. The van der Waals surface area contributed by atoms with Gasteiger partial charge in [-0.25, -0.2) is 9.97 Å². The molecule has 1 aromatic heterocycles. The van der Waals surface area contributed by atoms with Crippen molar-refractivity contribution in [2.24, 2.45) is 0 Å². The Hall–Kier alpha value is -3.26. The predicted octanol–water partition coefficient (Wildman–Crippen LogP) is 2.43. The lowest BCUT2D eigenvalue weighted by Gasteiger charge is -2.06. The van der Waals surface area contributed by atoms with Crippen LogP contribution in [0.2, 0.25) is 0 Å². The Morgan fingerprint density at radius 3 is 2.77 bits per heavy atom. The summed E-state index contributed by atoms with van der Waals surface area (Å²) >= 11 is 0. The first-order valence-electron chi connectivity index (χ1n) is 6.73. The number of carbonyl (C=O) groups is 1. The van der Waals surface area contributed by atoms with E-state index in [4.69, 9.17) is 5.26 Å². The second-order valence-electron chi connectivity index (χ2n) is 4.79. The Morgan fingerprint density at radius 2 is 2.00 bits per heavy atom. The number of benzene rings is 2. The molecule has 0 fully saturated rings. The molecule has 5 nitrogen and oxygen atoms in total. The highest BCUT2D eigenvalue weighted by Gasteiger charge is 2.06. The van der Waals surface area contributed by atoms with E-state index >= 15 is 0 Å². The molecule has 106 valence electrons. The molecule has 0 radical (unpaired) electrons. The van der Waals surface area contributed by atoms with Gasteiger partial charge in [0.15, 0.2) is 0 Å². The van der Waals surface area contributed by atoms with E-state index in [1.165, 1.54) is 6.33 Å². The van der Waals surface area contributed by atoms with E-state index in [9.17, 15) is 4.79 Å². The van der Waals surface area contributed by atoms with Crippen molar-refractivity contribution in [3.05, 3.63) is 71.7 Å². The second-order valence-corrected chi connectivity index (χ2v) is 4.79. The van der Waals surface area contributed by atoms with Gasteiger partial charge in [-0.05, 0) is 35.9 Å². The number of carbonyl (C=O) groups excluding carboxylic acids is 1. The third kappa shape index (κ3) is 2.91. The molecule has 22 heavy (non-hydrogen) atoms. The fraction of sp³-hybridized carbons (Fsp3) is 0.0588. The molecular weight excluding hydrogens is 276 g/mol. The maximum absolute atomic E-state index is 12.2. The van der Waals surface area contributed by atoms with Crippen molar-refractivity contribution in [2.45, 2.75) is 6.54 Å². The Morgan fingerprint density at radius 1 is 1.18 bits per heavy atom. The Bertz CT molecular complexity index is 866. The number of nitrogens with one attached hydrogen (secondary N) is 1. The second kappa shape index (κ2) is 6.02. The quantitative estimate of drug-likeness (QED) is 0.802. The third-order valence-corrected chi connectivity index (χ3v) is 3.30. The summed E-state index contributed by atoms with van der Waals surface area (Å²) in [4.78, 5) is 20.3. The molecule has 5 heteroatoms. The van der Waals surface area contributed by atoms with Gasteiger partial charge in [0.05, 0.1) is 17.1 Å². The van der Waals surface area contributed by atoms with Crippen molar-refractivity contribution < 1.29 is 4.79 Å². The summed E-state index contributed by atoms with van der Waals surface area (Å²) in [5.41, 5.74) is 2.91. The number of nitriles is 1. The van der Waals surface area contributed by atoms with E-state index in [1.54, 1.807) is 36.5 Å². The van der Waals surface area contributed by atoms with Crippen LogP contribution in [0, 0.1) is 11.3 Å². The predicted molar refractivity (Wildman–Crippen MR) is 81.9 cm³/mol. The van der Waals surface area contributed by atoms with Crippen molar-refractivity contribution in [2.75, 3.05) is 0 Å². The lowest BCUT2D eigenvalue weighted by Crippen LogP contribution is -2.22. The van der Waals surface area contributed by atoms with Crippen LogP contribution in [0.4, 0.5) is 0 Å². The van der Waals surface area contributed by atoms with Gasteiger partial charge in [-0.1, -0.05) is 12.1 Å². The number of amides is 1. The monoisotopic (exact) mass is 288 g/mol. The lowest BCUT2D eigenvalue weighted by molar-refractivity contribution is 0.0951. The van der Waals surface area contributed by atoms with Crippen molar-refractivity contribution in [3.63, 3.8) is 0 Å². The number of nitrogens with zero attached hydrogens (tertiary/aromatic N) is 3. The van der Waals surface area contributed by atoms with Crippen molar-refractivity contribution >= 4 is 16.8 Å². The largest absolute Gasteiger partial charge is 0.348 e. The van der Waals surface area contributed by atoms with Gasteiger partial charge in [-0.2, -0.15) is 5.26 Å². The maximum atomic E-state index is 12.2. The van der Waals surface area contributed by atoms with Gasteiger partial charge in [0.2, 0.25) is 0 Å². The molecule has 3 rings (SSSR count). The summed E-state index contributed by atoms with van der Waals surface area (Å²) in [6, 6.07) is 14.5. The minimum Gasteiger partial charge on any atom is -0.348 e. The summed E-state index contributed by atoms with van der Waals surface area (Å²) in [6.45, 7) is 0.411. The van der Waals surface area contributed by atoms with Crippen molar-refractivity contribution in [3.8, 4) is 6.07 Å². The molecule has 0 spiro atoms. The molecule has 0 aliphatic heterocycles. The molecule has 1 heterocycles. The highest BCUT2D eigenvalue weighted by atomic mass is 16.1. The standard InChI is InChI=1S/C17H12N4O/c18-8-12-1-3-13(4-2-12)9-20-17(22)14-5-6-16-15(7-14)10-19-11-21-16/h1-7,10-11H,9H2,(H,20,22). The SMILES string of the molecule is N#Cc1ccc(CNC(=O)c2ccc3ncncc3c2)cc1. The Balaban J connectivity index is 1.71. The molecule has 0 saturated heterocycles. The minimum absolute atomic E-state index is 0.157. The summed E-state index contributed by atoms with van der Waals surface area (Å²) in [5, 5.41) is 12.4. The average molecular weight is 288 g/mol. The van der Waals surface area contributed by atoms with Crippen LogP contribution >= 0.6 is 0 Å². The summed E-state index contributed by atoms with van der Waals surface area (Å²) < 4.78 is 0. The molecule has 1 N–H and O–H groups in total. The number of aromatic nitrogens is 2. The fourth-order valence-electron chi connectivity index (χ4n) is 2.11. The van der Waals surface area contributed by atoms with E-state index in [0.717, 1.165) is 16.5 Å². The molecule has 3 aromatic rings. The molecule has 0 bridgehead atoms. The molecule has 0 unspecified atom stereocenters. The van der Waals surface area contributed by atoms with Gasteiger partial charge >= 0.3 is 0 Å². The van der Waals surface area contributed by atoms with Gasteiger partial charge in [0.25, 0.3) is 5.91 Å². The lowest BCUT2D eigenvalue weighted by atomic mass is 10.1. The first-order chi connectivity index (χ1) is 10.8. The van der Waals surface area contributed by atoms with Crippen LogP contribution in [-0.4, -0.2) is 15.9 Å². The Kier molecular flexibility index (Phi) is 3.75. The summed E-state index contributed by atoms with van der Waals surface area (Å²) in [7, 11) is 0. The normalized spacial score (nSPS) is 10.1. The fourth-order valence-corrected chi connectivity index (χ4v) is 2.11. The summed E-state index contributed by atoms with van der Waals surface area (Å²) in [6.07, 6.45) is 3.16. The molecule has 1 amide bonds. The zero-order chi connectivity index (χ0) is 15.4. The van der Waals surface area contributed by atoms with E-state index in [2.05, 4.69) is 21.4 Å². The molecular formula is C17H12N4O. The van der Waals surface area contributed by atoms with Gasteiger partial charge in [0.1, 0.15) is 6.33 Å². The highest BCUT2D eigenvalue weighted by Crippen LogP contribution is 2.12. The number of hydrogen-bond donors (Lipinski definition) is 1. The van der Waals surface area contributed by atoms with Gasteiger partial charge in [-0.15, -0.1) is 0 Å². The van der Waals surface area contributed by atoms with Gasteiger partial charge < -0.3 is 5.32 Å². The van der Waals surface area contributed by atoms with E-state index < -0.39 is 0 Å². The molecule has 0 atom stereocenters. The average Bonchev–Trinajstić information content (AvgIpc) is 2.59. The molecule has 2 aromatic carbocycles. The first-order valence-corrected chi connectivity index (χ1v) is 6.73.